The predicted molar refractivity (Wildman–Crippen MR) is 138 cm³/mol. The third kappa shape index (κ3) is 9.90. The molecular formula is C27H38N4O2. The zero-order chi connectivity index (χ0) is 24.8. The van der Waals surface area contributed by atoms with Crippen molar-refractivity contribution in [1.29, 1.82) is 0 Å². The summed E-state index contributed by atoms with van der Waals surface area (Å²) in [6, 6.07) is 2.16. The highest BCUT2D eigenvalue weighted by Gasteiger charge is 2.15. The van der Waals surface area contributed by atoms with Crippen LogP contribution >= 0.6 is 0 Å². The molecule has 1 aromatic heterocycles. The average molecular weight is 451 g/mol. The maximum absolute atomic E-state index is 12.3. The van der Waals surface area contributed by atoms with Crippen molar-refractivity contribution in [2.75, 3.05) is 34.2 Å². The Bertz CT molecular complexity index is 914. The number of likely N-dealkylation sites (N-methyl/N-ethyl adjacent to an activating group) is 2. The summed E-state index contributed by atoms with van der Waals surface area (Å²) >= 11 is 0. The van der Waals surface area contributed by atoms with E-state index in [1.165, 1.54) is 0 Å². The van der Waals surface area contributed by atoms with E-state index in [1.54, 1.807) is 6.08 Å². The number of terminal acetylenes is 1. The summed E-state index contributed by atoms with van der Waals surface area (Å²) in [7, 11) is 6.28. The van der Waals surface area contributed by atoms with E-state index in [0.717, 1.165) is 25.1 Å². The summed E-state index contributed by atoms with van der Waals surface area (Å²) in [5.41, 5.74) is 2.29. The second-order valence-electron chi connectivity index (χ2n) is 8.29. The molecule has 0 fully saturated rings. The average Bonchev–Trinajstić information content (AvgIpc) is 3.11. The second kappa shape index (κ2) is 14.8. The second-order valence-corrected chi connectivity index (χ2v) is 8.29. The highest BCUT2D eigenvalue weighted by Crippen LogP contribution is 2.22. The highest BCUT2D eigenvalue weighted by atomic mass is 16.5. The molecule has 2 rings (SSSR count). The van der Waals surface area contributed by atoms with Crippen molar-refractivity contribution < 1.29 is 9.32 Å². The van der Waals surface area contributed by atoms with Crippen molar-refractivity contribution in [3.05, 3.63) is 65.6 Å². The minimum Gasteiger partial charge on any atom is -0.356 e. The molecule has 1 aliphatic carbocycles. The van der Waals surface area contributed by atoms with Gasteiger partial charge in [-0.05, 0) is 53.6 Å². The first-order valence-corrected chi connectivity index (χ1v) is 11.2. The number of hydrogen-bond acceptors (Lipinski definition) is 5. The molecule has 6 nitrogen and oxygen atoms in total. The monoisotopic (exact) mass is 450 g/mol. The fourth-order valence-corrected chi connectivity index (χ4v) is 3.06. The van der Waals surface area contributed by atoms with Crippen LogP contribution in [0.4, 0.5) is 0 Å². The van der Waals surface area contributed by atoms with E-state index in [0.29, 0.717) is 17.0 Å². The number of carbonyl (C=O) groups is 1. The number of amides is 1. The van der Waals surface area contributed by atoms with E-state index >= 15 is 0 Å². The first kappa shape index (κ1) is 27.9. The summed E-state index contributed by atoms with van der Waals surface area (Å²) in [5, 5.41) is 7.09. The van der Waals surface area contributed by atoms with Gasteiger partial charge < -0.3 is 14.7 Å². The van der Waals surface area contributed by atoms with E-state index in [2.05, 4.69) is 72.5 Å². The number of nitrogens with one attached hydrogen (secondary N) is 1. The smallest absolute Gasteiger partial charge is 0.251 e. The highest BCUT2D eigenvalue weighted by molar-refractivity contribution is 5.97. The van der Waals surface area contributed by atoms with Gasteiger partial charge in [-0.3, -0.25) is 9.69 Å². The molecule has 1 N–H and O–H groups in total. The Balaban J connectivity index is 0.00000265. The standard InChI is InChI=1S/C25H36N4O2.C2H2/c1-7-10-20(25(30)26-19(2)3)13-14-22-18-24(31-27-22)21-11-8-9-12-23(17-21)29(6)16-15-28(4)5;1-2/h8-14,17-19,23H,7,15-16H2,1-6H3,(H,26,30);1-2H/b14-13-,20-10+;. The number of hydrogen-bond donors (Lipinski definition) is 1. The molecule has 0 spiro atoms. The molecule has 6 heteroatoms. The molecular weight excluding hydrogens is 412 g/mol. The van der Waals surface area contributed by atoms with Crippen molar-refractivity contribution in [2.45, 2.75) is 39.3 Å². The van der Waals surface area contributed by atoms with Crippen molar-refractivity contribution in [2.24, 2.45) is 0 Å². The van der Waals surface area contributed by atoms with E-state index in [9.17, 15) is 4.79 Å². The summed E-state index contributed by atoms with van der Waals surface area (Å²) < 4.78 is 5.61. The van der Waals surface area contributed by atoms with Gasteiger partial charge in [-0.25, -0.2) is 0 Å². The van der Waals surface area contributed by atoms with Gasteiger partial charge >= 0.3 is 0 Å². The SMILES string of the molecule is C#C.CC/C=C(\C=C/c1cc(C2=CC(N(C)CCN(C)C)C=CC=C2)on1)C(=O)NC(C)C. The molecule has 1 aliphatic rings. The lowest BCUT2D eigenvalue weighted by atomic mass is 10.1. The largest absolute Gasteiger partial charge is 0.356 e. The van der Waals surface area contributed by atoms with E-state index in [1.807, 2.05) is 51.1 Å². The number of carbonyl (C=O) groups excluding carboxylic acids is 1. The summed E-state index contributed by atoms with van der Waals surface area (Å²) in [6.45, 7) is 7.86. The van der Waals surface area contributed by atoms with Crippen LogP contribution in [0.5, 0.6) is 0 Å². The molecule has 0 radical (unpaired) electrons. The van der Waals surface area contributed by atoms with E-state index < -0.39 is 0 Å². The minimum absolute atomic E-state index is 0.0825. The number of nitrogens with zero attached hydrogens (tertiary/aromatic N) is 3. The lowest BCUT2D eigenvalue weighted by molar-refractivity contribution is -0.117. The third-order valence-electron chi connectivity index (χ3n) is 4.81. The van der Waals surface area contributed by atoms with Crippen molar-refractivity contribution in [1.82, 2.24) is 20.3 Å². The molecule has 0 aliphatic heterocycles. The Morgan fingerprint density at radius 1 is 1.24 bits per heavy atom. The zero-order valence-corrected chi connectivity index (χ0v) is 20.8. The van der Waals surface area contributed by atoms with Crippen LogP contribution in [0.25, 0.3) is 11.6 Å². The van der Waals surface area contributed by atoms with Crippen LogP contribution in [0.15, 0.2) is 58.7 Å². The Morgan fingerprint density at radius 2 is 1.97 bits per heavy atom. The van der Waals surface area contributed by atoms with Crippen LogP contribution in [0, 0.1) is 12.8 Å². The Morgan fingerprint density at radius 3 is 2.61 bits per heavy atom. The van der Waals surface area contributed by atoms with E-state index in [-0.39, 0.29) is 18.0 Å². The molecule has 0 bridgehead atoms. The molecule has 1 amide bonds. The molecule has 0 aromatic carbocycles. The number of aromatic nitrogens is 1. The molecule has 33 heavy (non-hydrogen) atoms. The Hall–Kier alpha value is -3.14. The molecule has 0 saturated carbocycles. The number of allylic oxidation sites excluding steroid dienone is 5. The number of rotatable bonds is 10. The topological polar surface area (TPSA) is 61.6 Å². The van der Waals surface area contributed by atoms with Crippen LogP contribution in [-0.2, 0) is 4.79 Å². The summed E-state index contributed by atoms with van der Waals surface area (Å²) in [5.74, 6) is 0.624. The molecule has 1 heterocycles. The Kier molecular flexibility index (Phi) is 12.5. The fraction of sp³-hybridized carbons (Fsp3) is 0.407. The maximum atomic E-state index is 12.3. The normalized spacial score (nSPS) is 16.2. The molecule has 0 saturated heterocycles. The van der Waals surface area contributed by atoms with Gasteiger partial charge in [-0.1, -0.05) is 48.5 Å². The summed E-state index contributed by atoms with van der Waals surface area (Å²) in [4.78, 5) is 16.8. The van der Waals surface area contributed by atoms with Gasteiger partial charge in [0.1, 0.15) is 5.69 Å². The predicted octanol–water partition coefficient (Wildman–Crippen LogP) is 4.17. The lowest BCUT2D eigenvalue weighted by Crippen LogP contribution is -2.34. The Labute approximate surface area is 199 Å². The van der Waals surface area contributed by atoms with Gasteiger partial charge in [0.05, 0.1) is 0 Å². The summed E-state index contributed by atoms with van der Waals surface area (Å²) in [6.07, 6.45) is 24.8. The van der Waals surface area contributed by atoms with Gasteiger partial charge in [0, 0.05) is 42.4 Å². The molecule has 1 unspecified atom stereocenters. The van der Waals surface area contributed by atoms with Crippen LogP contribution in [0.2, 0.25) is 0 Å². The van der Waals surface area contributed by atoms with Crippen LogP contribution < -0.4 is 5.32 Å². The third-order valence-corrected chi connectivity index (χ3v) is 4.81. The van der Waals surface area contributed by atoms with Crippen LogP contribution in [0.1, 0.15) is 38.6 Å². The maximum Gasteiger partial charge on any atom is 0.251 e. The van der Waals surface area contributed by atoms with Crippen molar-refractivity contribution >= 4 is 17.6 Å². The van der Waals surface area contributed by atoms with Gasteiger partial charge in [-0.15, -0.1) is 12.8 Å². The molecule has 1 atom stereocenters. The molecule has 1 aromatic rings. The van der Waals surface area contributed by atoms with Crippen LogP contribution in [-0.4, -0.2) is 67.2 Å². The first-order chi connectivity index (χ1) is 15.8. The van der Waals surface area contributed by atoms with E-state index in [4.69, 9.17) is 4.52 Å². The van der Waals surface area contributed by atoms with Gasteiger partial charge in [0.2, 0.25) is 0 Å². The van der Waals surface area contributed by atoms with Gasteiger partial charge in [0.25, 0.3) is 5.91 Å². The molecule has 178 valence electrons. The van der Waals surface area contributed by atoms with Gasteiger partial charge in [-0.2, -0.15) is 0 Å². The quantitative estimate of drug-likeness (QED) is 0.329. The van der Waals surface area contributed by atoms with Crippen LogP contribution in [0.3, 0.4) is 0 Å². The lowest BCUT2D eigenvalue weighted by Gasteiger charge is -2.24. The first-order valence-electron chi connectivity index (χ1n) is 11.2. The van der Waals surface area contributed by atoms with Crippen molar-refractivity contribution in [3.8, 4) is 12.8 Å². The van der Waals surface area contributed by atoms with Crippen molar-refractivity contribution in [3.63, 3.8) is 0 Å². The zero-order valence-electron chi connectivity index (χ0n) is 20.8. The minimum atomic E-state index is -0.0825. The van der Waals surface area contributed by atoms with Gasteiger partial charge in [0.15, 0.2) is 5.76 Å². The fourth-order valence-electron chi connectivity index (χ4n) is 3.06.